The second-order valence-corrected chi connectivity index (χ2v) is 10.1. The van der Waals surface area contributed by atoms with Crippen molar-refractivity contribution >= 4 is 45.2 Å². The number of furan rings is 1. The number of phenols is 2. The number of ketones is 2. The normalized spacial score (nSPS) is 19.8. The molecule has 196 valence electrons. The molecule has 0 amide bonds. The predicted octanol–water partition coefficient (Wildman–Crippen LogP) is 3.98. The van der Waals surface area contributed by atoms with Crippen LogP contribution in [0.4, 0.5) is 0 Å². The molecule has 0 saturated heterocycles. The molecule has 39 heavy (non-hydrogen) atoms. The lowest BCUT2D eigenvalue weighted by Gasteiger charge is -2.26. The van der Waals surface area contributed by atoms with Gasteiger partial charge >= 0.3 is 11.9 Å². The smallest absolute Gasteiger partial charge is 0.342 e. The average Bonchev–Trinajstić information content (AvgIpc) is 3.26. The number of ether oxygens (including phenoxy) is 3. The third kappa shape index (κ3) is 2.91. The van der Waals surface area contributed by atoms with Gasteiger partial charge in [0, 0.05) is 12.8 Å². The number of rotatable bonds is 1. The molecule has 7 rings (SSSR count). The Morgan fingerprint density at radius 1 is 0.769 bits per heavy atom. The lowest BCUT2D eigenvalue weighted by molar-refractivity contribution is 0.0287. The minimum atomic E-state index is -0.796. The van der Waals surface area contributed by atoms with Crippen LogP contribution in [0.15, 0.2) is 22.6 Å². The van der Waals surface area contributed by atoms with Gasteiger partial charge < -0.3 is 28.8 Å². The summed E-state index contributed by atoms with van der Waals surface area (Å²) >= 11 is 0. The molecule has 3 aliphatic rings. The van der Waals surface area contributed by atoms with E-state index in [1.54, 1.807) is 26.0 Å². The lowest BCUT2D eigenvalue weighted by atomic mass is 9.80. The number of hydrogen-bond donors (Lipinski definition) is 2. The summed E-state index contributed by atoms with van der Waals surface area (Å²) in [6.45, 7) is 3.42. The number of carbonyl (C=O) groups excluding carboxylic acids is 4. The molecule has 1 aromatic heterocycles. The summed E-state index contributed by atoms with van der Waals surface area (Å²) in [4.78, 5) is 53.3. The van der Waals surface area contributed by atoms with Gasteiger partial charge in [-0.1, -0.05) is 0 Å². The van der Waals surface area contributed by atoms with Crippen LogP contribution in [0, 0.1) is 0 Å². The first-order chi connectivity index (χ1) is 18.6. The van der Waals surface area contributed by atoms with Crippen LogP contribution < -0.4 is 4.74 Å². The van der Waals surface area contributed by atoms with Gasteiger partial charge in [0.25, 0.3) is 0 Å². The average molecular weight is 528 g/mol. The first-order valence-electron chi connectivity index (χ1n) is 12.3. The van der Waals surface area contributed by atoms with Crippen molar-refractivity contribution in [2.75, 3.05) is 7.11 Å². The standard InChI is InChI=1S/C29H20O10/c1-9-4-11-6-13-8-15(36-3)20-22-24(32)19-14(30)7-12-5-10(2)37-28(34)16(12)21(19)25(33)27(22)39-26(20)17(13)23(31)18(11)29(35)38-9/h6-10,30-31H,4-5H2,1-3H3. The van der Waals surface area contributed by atoms with Crippen LogP contribution in [0.25, 0.3) is 21.7 Å². The summed E-state index contributed by atoms with van der Waals surface area (Å²) in [6.07, 6.45) is -0.226. The van der Waals surface area contributed by atoms with E-state index in [2.05, 4.69) is 0 Å². The second kappa shape index (κ2) is 7.59. The summed E-state index contributed by atoms with van der Waals surface area (Å²) in [5, 5.41) is 22.8. The Morgan fingerprint density at radius 2 is 1.41 bits per heavy atom. The number of hydrogen-bond acceptors (Lipinski definition) is 10. The zero-order valence-electron chi connectivity index (χ0n) is 21.0. The van der Waals surface area contributed by atoms with Crippen molar-refractivity contribution in [1.29, 1.82) is 0 Å². The molecule has 0 spiro atoms. The summed E-state index contributed by atoms with van der Waals surface area (Å²) < 4.78 is 22.2. The summed E-state index contributed by atoms with van der Waals surface area (Å²) in [5.74, 6) is -4.08. The Hall–Kier alpha value is -4.86. The molecule has 0 radical (unpaired) electrons. The van der Waals surface area contributed by atoms with E-state index in [4.69, 9.17) is 18.6 Å². The number of cyclic esters (lactones) is 2. The Balaban J connectivity index is 1.57. The molecule has 4 aromatic rings. The number of esters is 2. The highest BCUT2D eigenvalue weighted by Crippen LogP contribution is 2.49. The molecular formula is C29H20O10. The quantitative estimate of drug-likeness (QED) is 0.306. The zero-order chi connectivity index (χ0) is 27.5. The summed E-state index contributed by atoms with van der Waals surface area (Å²) in [5.41, 5.74) is -0.0128. The summed E-state index contributed by atoms with van der Waals surface area (Å²) in [7, 11) is 1.38. The molecule has 2 unspecified atom stereocenters. The third-order valence-electron chi connectivity index (χ3n) is 7.62. The SMILES string of the molecule is COc1cc2cc3c(c(O)c2c2oc4c(c12)C(=O)c1c(O)cc2c(c1C4=O)C(=O)OC(C)C2)C(=O)OC(C)C3. The topological polar surface area (TPSA) is 150 Å². The monoisotopic (exact) mass is 528 g/mol. The molecule has 0 fully saturated rings. The highest BCUT2D eigenvalue weighted by molar-refractivity contribution is 6.36. The van der Waals surface area contributed by atoms with Crippen LogP contribution in [0.3, 0.4) is 0 Å². The van der Waals surface area contributed by atoms with Crippen LogP contribution >= 0.6 is 0 Å². The first-order valence-corrected chi connectivity index (χ1v) is 12.3. The largest absolute Gasteiger partial charge is 0.507 e. The Labute approximate surface area is 219 Å². The predicted molar refractivity (Wildman–Crippen MR) is 134 cm³/mol. The van der Waals surface area contributed by atoms with E-state index in [0.717, 1.165) is 0 Å². The van der Waals surface area contributed by atoms with Crippen molar-refractivity contribution in [2.24, 2.45) is 0 Å². The molecule has 10 heteroatoms. The maximum atomic E-state index is 13.9. The molecule has 2 N–H and O–H groups in total. The fourth-order valence-corrected chi connectivity index (χ4v) is 6.08. The number of benzene rings is 3. The van der Waals surface area contributed by atoms with Gasteiger partial charge in [0.15, 0.2) is 11.3 Å². The maximum absolute atomic E-state index is 13.9. The molecule has 1 aliphatic carbocycles. The number of carbonyl (C=O) groups is 4. The molecule has 2 atom stereocenters. The van der Waals surface area contributed by atoms with Crippen molar-refractivity contribution in [3.63, 3.8) is 0 Å². The number of fused-ring (bicyclic) bond motifs is 9. The van der Waals surface area contributed by atoms with Gasteiger partial charge in [0.05, 0.1) is 40.1 Å². The lowest BCUT2D eigenvalue weighted by Crippen LogP contribution is -2.31. The minimum Gasteiger partial charge on any atom is -0.507 e. The van der Waals surface area contributed by atoms with Gasteiger partial charge in [-0.2, -0.15) is 0 Å². The fraction of sp³-hybridized carbons (Fsp3) is 0.241. The van der Waals surface area contributed by atoms with Gasteiger partial charge in [-0.3, -0.25) is 9.59 Å². The van der Waals surface area contributed by atoms with E-state index in [0.29, 0.717) is 22.9 Å². The highest BCUT2D eigenvalue weighted by atomic mass is 16.5. The van der Waals surface area contributed by atoms with E-state index in [-0.39, 0.29) is 68.2 Å². The van der Waals surface area contributed by atoms with E-state index >= 15 is 0 Å². The van der Waals surface area contributed by atoms with Gasteiger partial charge in [-0.15, -0.1) is 0 Å². The van der Waals surface area contributed by atoms with E-state index in [1.165, 1.54) is 13.2 Å². The van der Waals surface area contributed by atoms with Gasteiger partial charge in [0.2, 0.25) is 11.6 Å². The Bertz CT molecular complexity index is 1880. The van der Waals surface area contributed by atoms with Gasteiger partial charge in [-0.05, 0) is 48.6 Å². The van der Waals surface area contributed by atoms with Crippen LogP contribution in [-0.4, -0.2) is 53.0 Å². The number of methoxy groups -OCH3 is 1. The Kier molecular flexibility index (Phi) is 4.53. The van der Waals surface area contributed by atoms with Crippen molar-refractivity contribution in [1.82, 2.24) is 0 Å². The minimum absolute atomic E-state index is 0.0223. The zero-order valence-corrected chi connectivity index (χ0v) is 21.0. The van der Waals surface area contributed by atoms with E-state index in [9.17, 15) is 29.4 Å². The van der Waals surface area contributed by atoms with Crippen molar-refractivity contribution in [3.8, 4) is 17.2 Å². The van der Waals surface area contributed by atoms with Gasteiger partial charge in [-0.25, -0.2) is 9.59 Å². The molecular weight excluding hydrogens is 508 g/mol. The van der Waals surface area contributed by atoms with Crippen molar-refractivity contribution < 1.29 is 48.0 Å². The molecule has 2 aliphatic heterocycles. The fourth-order valence-electron chi connectivity index (χ4n) is 6.08. The van der Waals surface area contributed by atoms with E-state index < -0.39 is 41.1 Å². The van der Waals surface area contributed by atoms with Crippen LogP contribution in [0.2, 0.25) is 0 Å². The highest BCUT2D eigenvalue weighted by Gasteiger charge is 2.44. The summed E-state index contributed by atoms with van der Waals surface area (Å²) in [6, 6.07) is 4.60. The van der Waals surface area contributed by atoms with Crippen LogP contribution in [0.5, 0.6) is 17.2 Å². The third-order valence-corrected chi connectivity index (χ3v) is 7.62. The van der Waals surface area contributed by atoms with Gasteiger partial charge in [0.1, 0.15) is 35.0 Å². The molecule has 3 aromatic carbocycles. The Morgan fingerprint density at radius 3 is 2.08 bits per heavy atom. The van der Waals surface area contributed by atoms with E-state index in [1.807, 2.05) is 0 Å². The number of phenolic OH excluding ortho intramolecular Hbond substituents is 2. The molecule has 10 nitrogen and oxygen atoms in total. The second-order valence-electron chi connectivity index (χ2n) is 10.1. The van der Waals surface area contributed by atoms with Crippen LogP contribution in [0.1, 0.15) is 77.7 Å². The molecule has 0 bridgehead atoms. The van der Waals surface area contributed by atoms with Crippen LogP contribution in [-0.2, 0) is 22.3 Å². The number of aromatic hydroxyl groups is 2. The maximum Gasteiger partial charge on any atom is 0.342 e. The molecule has 3 heterocycles. The van der Waals surface area contributed by atoms with Crippen molar-refractivity contribution in [2.45, 2.75) is 38.9 Å². The van der Waals surface area contributed by atoms with Crippen molar-refractivity contribution in [3.05, 3.63) is 62.9 Å². The first kappa shape index (κ1) is 23.3. The molecule has 0 saturated carbocycles.